The van der Waals surface area contributed by atoms with Gasteiger partial charge >= 0.3 is 0 Å². The normalized spacial score (nSPS) is 14.6. The van der Waals surface area contributed by atoms with E-state index in [0.29, 0.717) is 32.4 Å². The highest BCUT2D eigenvalue weighted by atomic mass is 35.5. The van der Waals surface area contributed by atoms with E-state index < -0.39 is 0 Å². The second-order valence-corrected chi connectivity index (χ2v) is 11.4. The minimum Gasteiger partial charge on any atom is -0.375 e. The highest BCUT2D eigenvalue weighted by Crippen LogP contribution is 2.28. The van der Waals surface area contributed by atoms with Crippen molar-refractivity contribution < 1.29 is 9.53 Å². The molecule has 0 unspecified atom stereocenters. The molecule has 1 saturated heterocycles. The van der Waals surface area contributed by atoms with E-state index in [-0.39, 0.29) is 11.5 Å². The molecule has 198 valence electrons. The van der Waals surface area contributed by atoms with Crippen molar-refractivity contribution in [1.82, 2.24) is 19.9 Å². The third kappa shape index (κ3) is 7.61. The van der Waals surface area contributed by atoms with E-state index in [1.54, 1.807) is 12.3 Å². The Balaban J connectivity index is 1.35. The van der Waals surface area contributed by atoms with E-state index in [1.807, 2.05) is 32.0 Å². The number of nitrogens with zero attached hydrogens (tertiary/aromatic N) is 5. The monoisotopic (exact) mass is 543 g/mol. The summed E-state index contributed by atoms with van der Waals surface area (Å²) in [7, 11) is 0. The zero-order valence-electron chi connectivity index (χ0n) is 22.0. The minimum atomic E-state index is -0.306. The number of aromatic nitrogens is 3. The van der Waals surface area contributed by atoms with Gasteiger partial charge in [-0.15, -0.1) is 0 Å². The Bertz CT molecular complexity index is 1220. The summed E-state index contributed by atoms with van der Waals surface area (Å²) in [5.74, 6) is 1.93. The zero-order chi connectivity index (χ0) is 26.6. The fourth-order valence-corrected chi connectivity index (χ4v) is 4.97. The number of amides is 1. The first-order chi connectivity index (χ1) is 17.6. The number of ether oxygens (including phenoxy) is 1. The van der Waals surface area contributed by atoms with E-state index in [1.165, 1.54) is 11.3 Å². The molecular formula is C26H34ClN7O2S. The molecule has 3 heterocycles. The van der Waals surface area contributed by atoms with Gasteiger partial charge < -0.3 is 20.3 Å². The molecule has 9 nitrogen and oxygen atoms in total. The smallest absolute Gasteiger partial charge is 0.284 e. The van der Waals surface area contributed by atoms with Crippen LogP contribution in [-0.2, 0) is 4.74 Å². The number of para-hydroxylation sites is 1. The SMILES string of the molecule is Cc1nc(Nc2cnc(C(=O)Nc3c(C)cccc3Cl)s2)cc(N2CCN(CCOC(C)(C)C)CC2)n1. The van der Waals surface area contributed by atoms with Crippen molar-refractivity contribution in [2.45, 2.75) is 40.2 Å². The van der Waals surface area contributed by atoms with Crippen LogP contribution in [0.4, 0.5) is 22.3 Å². The summed E-state index contributed by atoms with van der Waals surface area (Å²) in [4.78, 5) is 30.9. The number of thiazole rings is 1. The van der Waals surface area contributed by atoms with E-state index in [2.05, 4.69) is 56.2 Å². The Kier molecular flexibility index (Phi) is 8.63. The molecule has 0 radical (unpaired) electrons. The molecule has 11 heteroatoms. The molecule has 1 aliphatic heterocycles. The lowest BCUT2D eigenvalue weighted by Crippen LogP contribution is -2.48. The number of carbonyl (C=O) groups excluding carboxylic acids is 1. The van der Waals surface area contributed by atoms with Gasteiger partial charge in [0.05, 0.1) is 29.1 Å². The molecule has 0 aliphatic carbocycles. The summed E-state index contributed by atoms with van der Waals surface area (Å²) in [6.45, 7) is 15.4. The molecule has 1 fully saturated rings. The van der Waals surface area contributed by atoms with Gasteiger partial charge in [-0.3, -0.25) is 9.69 Å². The number of carbonyl (C=O) groups is 1. The van der Waals surface area contributed by atoms with Crippen molar-refractivity contribution in [3.05, 3.63) is 51.9 Å². The van der Waals surface area contributed by atoms with Crippen molar-refractivity contribution in [3.63, 3.8) is 0 Å². The van der Waals surface area contributed by atoms with Gasteiger partial charge in [-0.25, -0.2) is 15.0 Å². The summed E-state index contributed by atoms with van der Waals surface area (Å²) >= 11 is 7.50. The number of halogens is 1. The minimum absolute atomic E-state index is 0.110. The lowest BCUT2D eigenvalue weighted by molar-refractivity contribution is -0.0135. The Hall–Kier alpha value is -2.79. The number of anilines is 4. The molecule has 4 rings (SSSR count). The fourth-order valence-electron chi connectivity index (χ4n) is 3.98. The molecule has 1 aliphatic rings. The standard InChI is InChI=1S/C26H34ClN7O2S/c1-17-7-6-8-19(27)23(17)32-24(35)25-28-16-22(37-25)31-20-15-21(30-18(2)29-20)34-11-9-33(10-12-34)13-14-36-26(3,4)5/h6-8,15-16H,9-14H2,1-5H3,(H,32,35)(H,29,30,31). The van der Waals surface area contributed by atoms with Crippen molar-refractivity contribution in [2.24, 2.45) is 0 Å². The van der Waals surface area contributed by atoms with E-state index in [9.17, 15) is 4.79 Å². The third-order valence-corrected chi connectivity index (χ3v) is 7.10. The lowest BCUT2D eigenvalue weighted by Gasteiger charge is -2.36. The molecule has 2 N–H and O–H groups in total. The Morgan fingerprint density at radius 3 is 2.62 bits per heavy atom. The average molecular weight is 544 g/mol. The van der Waals surface area contributed by atoms with Crippen LogP contribution in [0, 0.1) is 13.8 Å². The van der Waals surface area contributed by atoms with Crippen LogP contribution >= 0.6 is 22.9 Å². The van der Waals surface area contributed by atoms with Crippen LogP contribution in [-0.4, -0.2) is 70.7 Å². The van der Waals surface area contributed by atoms with Gasteiger partial charge in [0, 0.05) is 38.8 Å². The molecule has 2 aromatic heterocycles. The van der Waals surface area contributed by atoms with E-state index in [0.717, 1.165) is 50.7 Å². The quantitative estimate of drug-likeness (QED) is 0.403. The number of aryl methyl sites for hydroxylation is 2. The van der Waals surface area contributed by atoms with Gasteiger partial charge in [0.2, 0.25) is 0 Å². The van der Waals surface area contributed by atoms with Crippen molar-refractivity contribution in [1.29, 1.82) is 0 Å². The largest absolute Gasteiger partial charge is 0.375 e. The average Bonchev–Trinajstić information content (AvgIpc) is 3.29. The first kappa shape index (κ1) is 27.3. The molecular weight excluding hydrogens is 510 g/mol. The van der Waals surface area contributed by atoms with Gasteiger partial charge in [0.1, 0.15) is 22.5 Å². The number of benzene rings is 1. The number of rotatable bonds is 8. The van der Waals surface area contributed by atoms with Crippen LogP contribution in [0.5, 0.6) is 0 Å². The van der Waals surface area contributed by atoms with Crippen LogP contribution in [0.25, 0.3) is 0 Å². The Morgan fingerprint density at radius 2 is 1.92 bits per heavy atom. The predicted octanol–water partition coefficient (Wildman–Crippen LogP) is 5.14. The van der Waals surface area contributed by atoms with Gasteiger partial charge in [0.25, 0.3) is 5.91 Å². The van der Waals surface area contributed by atoms with Gasteiger partial charge in [-0.05, 0) is 46.2 Å². The van der Waals surface area contributed by atoms with E-state index >= 15 is 0 Å². The third-order valence-electron chi connectivity index (χ3n) is 5.87. The lowest BCUT2D eigenvalue weighted by atomic mass is 10.2. The first-order valence-electron chi connectivity index (χ1n) is 12.3. The number of piperazine rings is 1. The maximum Gasteiger partial charge on any atom is 0.284 e. The molecule has 0 saturated carbocycles. The van der Waals surface area contributed by atoms with Crippen molar-refractivity contribution >= 4 is 51.2 Å². The maximum absolute atomic E-state index is 12.7. The number of nitrogens with one attached hydrogen (secondary N) is 2. The topological polar surface area (TPSA) is 95.5 Å². The Morgan fingerprint density at radius 1 is 1.16 bits per heavy atom. The van der Waals surface area contributed by atoms with Crippen LogP contribution in [0.1, 0.15) is 42.0 Å². The number of hydrogen-bond donors (Lipinski definition) is 2. The summed E-state index contributed by atoms with van der Waals surface area (Å²) < 4.78 is 5.87. The van der Waals surface area contributed by atoms with Crippen molar-refractivity contribution in [3.8, 4) is 0 Å². The summed E-state index contributed by atoms with van der Waals surface area (Å²) in [5, 5.41) is 7.69. The van der Waals surface area contributed by atoms with Crippen LogP contribution in [0.3, 0.4) is 0 Å². The molecule has 0 atom stereocenters. The summed E-state index contributed by atoms with van der Waals surface area (Å²) in [6.07, 6.45) is 1.63. The van der Waals surface area contributed by atoms with Gasteiger partial charge in [-0.2, -0.15) is 0 Å². The highest BCUT2D eigenvalue weighted by Gasteiger charge is 2.20. The van der Waals surface area contributed by atoms with Crippen LogP contribution in [0.15, 0.2) is 30.5 Å². The second-order valence-electron chi connectivity index (χ2n) is 9.99. The molecule has 0 spiro atoms. The fraction of sp³-hybridized carbons (Fsp3) is 0.462. The van der Waals surface area contributed by atoms with Crippen molar-refractivity contribution in [2.75, 3.05) is 54.9 Å². The van der Waals surface area contributed by atoms with Crippen LogP contribution < -0.4 is 15.5 Å². The molecule has 1 aromatic carbocycles. The first-order valence-corrected chi connectivity index (χ1v) is 13.5. The molecule has 3 aromatic rings. The maximum atomic E-state index is 12.7. The summed E-state index contributed by atoms with van der Waals surface area (Å²) in [6, 6.07) is 7.43. The predicted molar refractivity (Wildman–Crippen MR) is 151 cm³/mol. The molecule has 1 amide bonds. The highest BCUT2D eigenvalue weighted by molar-refractivity contribution is 7.17. The molecule has 37 heavy (non-hydrogen) atoms. The Labute approximate surface area is 227 Å². The molecule has 0 bridgehead atoms. The van der Waals surface area contributed by atoms with Gasteiger partial charge in [0.15, 0.2) is 5.01 Å². The summed E-state index contributed by atoms with van der Waals surface area (Å²) in [5.41, 5.74) is 1.37. The van der Waals surface area contributed by atoms with Crippen LogP contribution in [0.2, 0.25) is 5.02 Å². The zero-order valence-corrected chi connectivity index (χ0v) is 23.5. The second kappa shape index (κ2) is 11.7. The number of hydrogen-bond acceptors (Lipinski definition) is 9. The van der Waals surface area contributed by atoms with Gasteiger partial charge in [-0.1, -0.05) is 35.1 Å². The van der Waals surface area contributed by atoms with E-state index in [4.69, 9.17) is 16.3 Å².